The van der Waals surface area contributed by atoms with E-state index in [1.54, 1.807) is 19.1 Å². The van der Waals surface area contributed by atoms with Gasteiger partial charge in [0.1, 0.15) is 0 Å². The van der Waals surface area contributed by atoms with Crippen molar-refractivity contribution in [2.45, 2.75) is 38.3 Å². The SMILES string of the molecule is COc1ccc([C@H](C)NC(=O)NC[C@H]2CC[C@H](O)C2)cc1F. The minimum absolute atomic E-state index is 0.181. The van der Waals surface area contributed by atoms with Crippen LogP contribution in [0.1, 0.15) is 37.8 Å². The first-order valence-corrected chi connectivity index (χ1v) is 7.55. The van der Waals surface area contributed by atoms with Gasteiger partial charge in [-0.2, -0.15) is 0 Å². The van der Waals surface area contributed by atoms with E-state index in [1.165, 1.54) is 13.2 Å². The summed E-state index contributed by atoms with van der Waals surface area (Å²) in [4.78, 5) is 11.9. The third kappa shape index (κ3) is 4.34. The summed E-state index contributed by atoms with van der Waals surface area (Å²) >= 11 is 0. The number of hydrogen-bond acceptors (Lipinski definition) is 3. The van der Waals surface area contributed by atoms with Crippen LogP contribution >= 0.6 is 0 Å². The van der Waals surface area contributed by atoms with E-state index in [2.05, 4.69) is 10.6 Å². The highest BCUT2D eigenvalue weighted by molar-refractivity contribution is 5.74. The molecule has 3 N–H and O–H groups in total. The minimum Gasteiger partial charge on any atom is -0.494 e. The van der Waals surface area contributed by atoms with Gasteiger partial charge in [-0.15, -0.1) is 0 Å². The van der Waals surface area contributed by atoms with E-state index in [9.17, 15) is 14.3 Å². The molecule has 0 unspecified atom stereocenters. The van der Waals surface area contributed by atoms with Gasteiger partial charge in [-0.05, 0) is 49.8 Å². The summed E-state index contributed by atoms with van der Waals surface area (Å²) in [6.07, 6.45) is 2.23. The van der Waals surface area contributed by atoms with Crippen LogP contribution in [-0.4, -0.2) is 30.9 Å². The van der Waals surface area contributed by atoms with E-state index in [-0.39, 0.29) is 23.9 Å². The highest BCUT2D eigenvalue weighted by Gasteiger charge is 2.23. The first kappa shape index (κ1) is 16.5. The van der Waals surface area contributed by atoms with Crippen molar-refractivity contribution in [1.29, 1.82) is 0 Å². The Bertz CT molecular complexity index is 524. The highest BCUT2D eigenvalue weighted by atomic mass is 19.1. The van der Waals surface area contributed by atoms with Crippen LogP contribution in [0.2, 0.25) is 0 Å². The lowest BCUT2D eigenvalue weighted by Gasteiger charge is -2.17. The molecule has 1 aliphatic carbocycles. The molecule has 22 heavy (non-hydrogen) atoms. The fraction of sp³-hybridized carbons (Fsp3) is 0.562. The molecular formula is C16H23FN2O3. The number of rotatable bonds is 5. The third-order valence-corrected chi connectivity index (χ3v) is 4.09. The van der Waals surface area contributed by atoms with E-state index in [4.69, 9.17) is 4.74 Å². The van der Waals surface area contributed by atoms with Gasteiger partial charge < -0.3 is 20.5 Å². The maximum Gasteiger partial charge on any atom is 0.315 e. The van der Waals surface area contributed by atoms with Crippen LogP contribution in [0.4, 0.5) is 9.18 Å². The number of methoxy groups -OCH3 is 1. The number of aliphatic hydroxyl groups is 1. The van der Waals surface area contributed by atoms with Gasteiger partial charge in [-0.3, -0.25) is 0 Å². The van der Waals surface area contributed by atoms with Gasteiger partial charge in [-0.1, -0.05) is 6.07 Å². The third-order valence-electron chi connectivity index (χ3n) is 4.09. The highest BCUT2D eigenvalue weighted by Crippen LogP contribution is 2.24. The van der Waals surface area contributed by atoms with Crippen molar-refractivity contribution in [3.05, 3.63) is 29.6 Å². The minimum atomic E-state index is -0.450. The molecule has 6 heteroatoms. The van der Waals surface area contributed by atoms with Gasteiger partial charge in [0, 0.05) is 6.54 Å². The van der Waals surface area contributed by atoms with Crippen LogP contribution in [-0.2, 0) is 0 Å². The summed E-state index contributed by atoms with van der Waals surface area (Å²) in [5.41, 5.74) is 0.671. The van der Waals surface area contributed by atoms with E-state index in [0.717, 1.165) is 19.3 Å². The molecule has 1 aromatic rings. The van der Waals surface area contributed by atoms with Gasteiger partial charge in [0.05, 0.1) is 19.3 Å². The Morgan fingerprint density at radius 1 is 1.50 bits per heavy atom. The van der Waals surface area contributed by atoms with Gasteiger partial charge in [0.2, 0.25) is 0 Å². The molecule has 0 spiro atoms. The summed E-state index contributed by atoms with van der Waals surface area (Å²) in [7, 11) is 1.41. The van der Waals surface area contributed by atoms with Crippen LogP contribution in [0.15, 0.2) is 18.2 Å². The molecule has 1 aliphatic rings. The molecule has 0 radical (unpaired) electrons. The summed E-state index contributed by atoms with van der Waals surface area (Å²) in [5, 5.41) is 15.0. The normalized spacial score (nSPS) is 22.2. The predicted octanol–water partition coefficient (Wildman–Crippen LogP) is 2.36. The number of nitrogens with one attached hydrogen (secondary N) is 2. The average molecular weight is 310 g/mol. The zero-order valence-electron chi connectivity index (χ0n) is 12.9. The molecule has 0 aromatic heterocycles. The van der Waals surface area contributed by atoms with Crippen molar-refractivity contribution in [2.75, 3.05) is 13.7 Å². The lowest BCUT2D eigenvalue weighted by atomic mass is 10.1. The smallest absolute Gasteiger partial charge is 0.315 e. The maximum absolute atomic E-state index is 13.7. The molecule has 1 aromatic carbocycles. The summed E-state index contributed by atoms with van der Waals surface area (Å²) in [5.74, 6) is 0.0590. The number of urea groups is 1. The van der Waals surface area contributed by atoms with Crippen molar-refractivity contribution >= 4 is 6.03 Å². The van der Waals surface area contributed by atoms with E-state index in [0.29, 0.717) is 18.0 Å². The van der Waals surface area contributed by atoms with Crippen LogP contribution in [0.3, 0.4) is 0 Å². The summed E-state index contributed by atoms with van der Waals surface area (Å²) < 4.78 is 18.5. The van der Waals surface area contributed by atoms with Gasteiger partial charge in [-0.25, -0.2) is 9.18 Å². The van der Waals surface area contributed by atoms with E-state index >= 15 is 0 Å². The Balaban J connectivity index is 1.81. The zero-order valence-corrected chi connectivity index (χ0v) is 12.9. The zero-order chi connectivity index (χ0) is 16.1. The maximum atomic E-state index is 13.7. The lowest BCUT2D eigenvalue weighted by Crippen LogP contribution is -2.39. The lowest BCUT2D eigenvalue weighted by molar-refractivity contribution is 0.177. The molecule has 1 fully saturated rings. The number of ether oxygens (including phenoxy) is 1. The van der Waals surface area contributed by atoms with Crippen molar-refractivity contribution in [2.24, 2.45) is 5.92 Å². The number of carbonyl (C=O) groups excluding carboxylic acids is 1. The number of aliphatic hydroxyl groups excluding tert-OH is 1. The van der Waals surface area contributed by atoms with Crippen LogP contribution in [0.25, 0.3) is 0 Å². The quantitative estimate of drug-likeness (QED) is 0.782. The first-order valence-electron chi connectivity index (χ1n) is 7.55. The van der Waals surface area contributed by atoms with Crippen molar-refractivity contribution in [1.82, 2.24) is 10.6 Å². The number of carbonyl (C=O) groups is 1. The molecule has 0 heterocycles. The Kier molecular flexibility index (Phi) is 5.60. The van der Waals surface area contributed by atoms with Gasteiger partial charge in [0.25, 0.3) is 0 Å². The Morgan fingerprint density at radius 2 is 2.27 bits per heavy atom. The number of amides is 2. The number of hydrogen-bond donors (Lipinski definition) is 3. The standard InChI is InChI=1S/C16H23FN2O3/c1-10(12-4-6-15(22-2)14(17)8-12)19-16(21)18-9-11-3-5-13(20)7-11/h4,6,8,10-11,13,20H,3,5,7,9H2,1-2H3,(H2,18,19,21)/t10-,11-,13-/m0/s1. The topological polar surface area (TPSA) is 70.6 Å². The molecule has 2 rings (SSSR count). The van der Waals surface area contributed by atoms with Crippen molar-refractivity contribution in [3.8, 4) is 5.75 Å². The summed E-state index contributed by atoms with van der Waals surface area (Å²) in [6.45, 7) is 2.34. The largest absolute Gasteiger partial charge is 0.494 e. The van der Waals surface area contributed by atoms with E-state index in [1.807, 2.05) is 0 Å². The van der Waals surface area contributed by atoms with E-state index < -0.39 is 5.82 Å². The number of benzene rings is 1. The van der Waals surface area contributed by atoms with Crippen LogP contribution < -0.4 is 15.4 Å². The fourth-order valence-corrected chi connectivity index (χ4v) is 2.75. The first-order chi connectivity index (χ1) is 10.5. The molecule has 122 valence electrons. The second-order valence-electron chi connectivity index (χ2n) is 5.80. The van der Waals surface area contributed by atoms with Gasteiger partial charge in [0.15, 0.2) is 11.6 Å². The molecule has 0 aliphatic heterocycles. The number of halogens is 1. The second kappa shape index (κ2) is 7.45. The Morgan fingerprint density at radius 3 is 2.86 bits per heavy atom. The van der Waals surface area contributed by atoms with Crippen molar-refractivity contribution in [3.63, 3.8) is 0 Å². The molecule has 3 atom stereocenters. The molecule has 5 nitrogen and oxygen atoms in total. The summed E-state index contributed by atoms with van der Waals surface area (Å²) in [6, 6.07) is 4.03. The second-order valence-corrected chi connectivity index (χ2v) is 5.80. The van der Waals surface area contributed by atoms with Gasteiger partial charge >= 0.3 is 6.03 Å². The monoisotopic (exact) mass is 310 g/mol. The molecule has 2 amide bonds. The molecule has 1 saturated carbocycles. The predicted molar refractivity (Wildman–Crippen MR) is 81.2 cm³/mol. The van der Waals surface area contributed by atoms with Crippen LogP contribution in [0.5, 0.6) is 5.75 Å². The van der Waals surface area contributed by atoms with Crippen LogP contribution in [0, 0.1) is 11.7 Å². The van der Waals surface area contributed by atoms with Crippen molar-refractivity contribution < 1.29 is 19.0 Å². The molecular weight excluding hydrogens is 287 g/mol. The Labute approximate surface area is 129 Å². The Hall–Kier alpha value is -1.82. The molecule has 0 saturated heterocycles. The molecule has 0 bridgehead atoms. The average Bonchev–Trinajstić information content (AvgIpc) is 2.90. The fourth-order valence-electron chi connectivity index (χ4n) is 2.75.